The first-order valence-corrected chi connectivity index (χ1v) is 12.4. The van der Waals surface area contributed by atoms with Crippen LogP contribution in [0.15, 0.2) is 48.5 Å². The van der Waals surface area contributed by atoms with Crippen LogP contribution in [-0.4, -0.2) is 18.0 Å². The highest BCUT2D eigenvalue weighted by atomic mass is 35.5. The average molecular weight is 457 g/mol. The molecule has 1 aliphatic carbocycles. The predicted molar refractivity (Wildman–Crippen MR) is 132 cm³/mol. The van der Waals surface area contributed by atoms with Crippen molar-refractivity contribution in [3.63, 3.8) is 0 Å². The molecule has 0 amide bonds. The van der Waals surface area contributed by atoms with Gasteiger partial charge in [0.25, 0.3) is 0 Å². The molecule has 0 saturated heterocycles. The number of rotatable bonds is 9. The lowest BCUT2D eigenvalue weighted by Crippen LogP contribution is -2.39. The van der Waals surface area contributed by atoms with E-state index in [1.807, 2.05) is 18.2 Å². The van der Waals surface area contributed by atoms with Crippen molar-refractivity contribution in [2.75, 3.05) is 7.05 Å². The molecule has 31 heavy (non-hydrogen) atoms. The van der Waals surface area contributed by atoms with Crippen LogP contribution in [0.25, 0.3) is 0 Å². The van der Waals surface area contributed by atoms with Crippen molar-refractivity contribution in [3.05, 3.63) is 69.7 Å². The van der Waals surface area contributed by atoms with Gasteiger partial charge in [-0.1, -0.05) is 85.8 Å². The van der Waals surface area contributed by atoms with E-state index in [2.05, 4.69) is 55.3 Å². The minimum absolute atomic E-state index is 0.306. The zero-order valence-electron chi connectivity index (χ0n) is 18.8. The van der Waals surface area contributed by atoms with Crippen molar-refractivity contribution in [3.8, 4) is 6.07 Å². The van der Waals surface area contributed by atoms with Gasteiger partial charge in [-0.3, -0.25) is 4.90 Å². The van der Waals surface area contributed by atoms with E-state index in [1.165, 1.54) is 24.8 Å². The summed E-state index contributed by atoms with van der Waals surface area (Å²) in [5.41, 5.74) is 1.54. The molecule has 2 aromatic carbocycles. The molecule has 1 aliphatic rings. The van der Waals surface area contributed by atoms with Crippen molar-refractivity contribution in [1.82, 2.24) is 4.90 Å². The Labute approximate surface area is 198 Å². The van der Waals surface area contributed by atoms with Crippen LogP contribution in [-0.2, 0) is 12.0 Å². The first-order valence-electron chi connectivity index (χ1n) is 11.6. The molecule has 0 bridgehead atoms. The summed E-state index contributed by atoms with van der Waals surface area (Å²) in [4.78, 5) is 2.42. The summed E-state index contributed by atoms with van der Waals surface area (Å²) in [6.45, 7) is 3.15. The van der Waals surface area contributed by atoms with Crippen LogP contribution in [0.1, 0.15) is 69.4 Å². The Bertz CT molecular complexity index is 850. The summed E-state index contributed by atoms with van der Waals surface area (Å²) in [5.74, 6) is 0.306. The molecule has 0 spiro atoms. The van der Waals surface area contributed by atoms with Gasteiger partial charge in [0.15, 0.2) is 0 Å². The van der Waals surface area contributed by atoms with E-state index < -0.39 is 5.41 Å². The second-order valence-electron chi connectivity index (χ2n) is 9.02. The zero-order valence-corrected chi connectivity index (χ0v) is 20.3. The molecular weight excluding hydrogens is 423 g/mol. The van der Waals surface area contributed by atoms with Crippen molar-refractivity contribution < 1.29 is 0 Å². The topological polar surface area (TPSA) is 27.0 Å². The highest BCUT2D eigenvalue weighted by Gasteiger charge is 2.44. The van der Waals surface area contributed by atoms with Gasteiger partial charge in [0.1, 0.15) is 0 Å². The van der Waals surface area contributed by atoms with Gasteiger partial charge in [-0.05, 0) is 62.8 Å². The Morgan fingerprint density at radius 3 is 2.26 bits per heavy atom. The van der Waals surface area contributed by atoms with Crippen LogP contribution in [0.3, 0.4) is 0 Å². The van der Waals surface area contributed by atoms with E-state index in [0.29, 0.717) is 22.0 Å². The van der Waals surface area contributed by atoms with Crippen molar-refractivity contribution in [2.45, 2.75) is 76.3 Å². The third-order valence-electron chi connectivity index (χ3n) is 7.15. The highest BCUT2D eigenvalue weighted by Crippen LogP contribution is 2.49. The minimum Gasteiger partial charge on any atom is -0.299 e. The first kappa shape index (κ1) is 24.1. The maximum absolute atomic E-state index is 10.6. The lowest BCUT2D eigenvalue weighted by Gasteiger charge is -2.40. The Balaban J connectivity index is 1.86. The Morgan fingerprint density at radius 1 is 1.03 bits per heavy atom. The summed E-state index contributed by atoms with van der Waals surface area (Å²) >= 11 is 13.4. The van der Waals surface area contributed by atoms with E-state index in [9.17, 15) is 5.26 Å². The van der Waals surface area contributed by atoms with Crippen LogP contribution in [0.2, 0.25) is 10.0 Å². The van der Waals surface area contributed by atoms with E-state index in [0.717, 1.165) is 44.2 Å². The lowest BCUT2D eigenvalue weighted by molar-refractivity contribution is 0.179. The molecule has 2 nitrogen and oxygen atoms in total. The number of hydrogen-bond donors (Lipinski definition) is 0. The molecular formula is C27H34Cl2N2. The zero-order chi connectivity index (χ0) is 22.3. The summed E-state index contributed by atoms with van der Waals surface area (Å²) < 4.78 is 0. The molecule has 1 fully saturated rings. The molecule has 0 heterocycles. The van der Waals surface area contributed by atoms with Gasteiger partial charge in [-0.25, -0.2) is 0 Å². The second kappa shape index (κ2) is 11.4. The van der Waals surface area contributed by atoms with Crippen molar-refractivity contribution >= 4 is 23.2 Å². The number of nitrogens with zero attached hydrogens (tertiary/aromatic N) is 2. The van der Waals surface area contributed by atoms with E-state index in [-0.39, 0.29) is 0 Å². The summed E-state index contributed by atoms with van der Waals surface area (Å²) in [6.07, 6.45) is 8.55. The van der Waals surface area contributed by atoms with Gasteiger partial charge < -0.3 is 0 Å². The van der Waals surface area contributed by atoms with Gasteiger partial charge >= 0.3 is 0 Å². The number of hydrogen-bond acceptors (Lipinski definition) is 2. The van der Waals surface area contributed by atoms with Crippen LogP contribution >= 0.6 is 23.2 Å². The molecule has 2 aromatic rings. The summed E-state index contributed by atoms with van der Waals surface area (Å²) in [5, 5.41) is 11.9. The third-order valence-corrected chi connectivity index (χ3v) is 7.78. The van der Waals surface area contributed by atoms with Gasteiger partial charge in [-0.2, -0.15) is 5.26 Å². The van der Waals surface area contributed by atoms with Gasteiger partial charge in [0.2, 0.25) is 0 Å². The van der Waals surface area contributed by atoms with Gasteiger partial charge in [-0.15, -0.1) is 0 Å². The van der Waals surface area contributed by atoms with E-state index >= 15 is 0 Å². The van der Waals surface area contributed by atoms with Crippen LogP contribution in [0.4, 0.5) is 0 Å². The fourth-order valence-electron chi connectivity index (χ4n) is 5.39. The largest absolute Gasteiger partial charge is 0.299 e. The fraction of sp³-hybridized carbons (Fsp3) is 0.519. The smallest absolute Gasteiger partial charge is 0.0879 e. The average Bonchev–Trinajstić information content (AvgIpc) is 2.79. The minimum atomic E-state index is -0.628. The van der Waals surface area contributed by atoms with E-state index in [4.69, 9.17) is 23.2 Å². The fourth-order valence-corrected chi connectivity index (χ4v) is 6.12. The van der Waals surface area contributed by atoms with Crippen LogP contribution < -0.4 is 0 Å². The Hall–Kier alpha value is -1.53. The molecule has 1 saturated carbocycles. The monoisotopic (exact) mass is 456 g/mol. The molecule has 0 radical (unpaired) electrons. The number of halogens is 2. The number of nitriles is 1. The van der Waals surface area contributed by atoms with E-state index in [1.54, 1.807) is 0 Å². The molecule has 0 aliphatic heterocycles. The Kier molecular flexibility index (Phi) is 8.85. The third kappa shape index (κ3) is 5.64. The second-order valence-corrected chi connectivity index (χ2v) is 9.83. The maximum Gasteiger partial charge on any atom is 0.0879 e. The molecule has 166 valence electrons. The Morgan fingerprint density at radius 2 is 1.68 bits per heavy atom. The molecule has 2 unspecified atom stereocenters. The van der Waals surface area contributed by atoms with Gasteiger partial charge in [0.05, 0.1) is 11.5 Å². The van der Waals surface area contributed by atoms with Crippen LogP contribution in [0.5, 0.6) is 0 Å². The summed E-state index contributed by atoms with van der Waals surface area (Å²) in [7, 11) is 2.19. The first-order chi connectivity index (χ1) is 15.0. The maximum atomic E-state index is 10.6. The molecule has 3 rings (SSSR count). The molecule has 4 heteroatoms. The predicted octanol–water partition coefficient (Wildman–Crippen LogP) is 8.03. The van der Waals surface area contributed by atoms with Crippen LogP contribution in [0, 0.1) is 17.2 Å². The standard InChI is InChI=1S/C27H34Cl2N2/c1-3-23(31(2)19-21-11-6-4-7-12-21)17-18-27(20-30,22-13-8-5-9-14-22)26-24(28)15-10-16-25(26)29/h4,6-7,10-12,15-16,22-23H,3,5,8-9,13-14,17-19H2,1-2H3. The summed E-state index contributed by atoms with van der Waals surface area (Å²) in [6, 6.07) is 19.4. The quantitative estimate of drug-likeness (QED) is 0.381. The lowest BCUT2D eigenvalue weighted by atomic mass is 9.63. The molecule has 2 atom stereocenters. The SMILES string of the molecule is CCC(CCC(C#N)(c1c(Cl)cccc1Cl)C1CCCCC1)N(C)Cc1ccccc1. The highest BCUT2D eigenvalue weighted by molar-refractivity contribution is 6.36. The number of benzene rings is 2. The molecule has 0 N–H and O–H groups in total. The van der Waals surface area contributed by atoms with Crippen molar-refractivity contribution in [1.29, 1.82) is 5.26 Å². The van der Waals surface area contributed by atoms with Crippen molar-refractivity contribution in [2.24, 2.45) is 5.92 Å². The molecule has 0 aromatic heterocycles. The van der Waals surface area contributed by atoms with Gasteiger partial charge in [0, 0.05) is 28.2 Å². The normalized spacial score (nSPS) is 17.8.